The summed E-state index contributed by atoms with van der Waals surface area (Å²) in [6.07, 6.45) is 8.33. The molecule has 5 heteroatoms. The number of ether oxygens (including phenoxy) is 1. The van der Waals surface area contributed by atoms with Gasteiger partial charge in [0, 0.05) is 0 Å². The van der Waals surface area contributed by atoms with E-state index in [0.29, 0.717) is 26.4 Å². The van der Waals surface area contributed by atoms with E-state index in [9.17, 15) is 0 Å². The second-order valence-corrected chi connectivity index (χ2v) is 22.5. The molecule has 0 bridgehead atoms. The van der Waals surface area contributed by atoms with Crippen molar-refractivity contribution in [2.24, 2.45) is 0 Å². The smallest absolute Gasteiger partial charge is 0.192 e. The van der Waals surface area contributed by atoms with Gasteiger partial charge < -0.3 is 13.6 Å². The van der Waals surface area contributed by atoms with Gasteiger partial charge >= 0.3 is 0 Å². The first-order valence-corrected chi connectivity index (χ1v) is 19.3. The summed E-state index contributed by atoms with van der Waals surface area (Å²) in [5.74, 6) is 0. The fraction of sp³-hybridized carbons (Fsp3) is 0.500. The largest absolute Gasteiger partial charge is 0.413 e. The van der Waals surface area contributed by atoms with E-state index in [1.165, 1.54) is 22.3 Å². The van der Waals surface area contributed by atoms with Crippen LogP contribution in [0.25, 0.3) is 12.2 Å². The van der Waals surface area contributed by atoms with Gasteiger partial charge in [-0.1, -0.05) is 114 Å². The quantitative estimate of drug-likeness (QED) is 0.199. The summed E-state index contributed by atoms with van der Waals surface area (Å²) in [5, 5.41) is 0.463. The van der Waals surface area contributed by atoms with Crippen LogP contribution in [0.3, 0.4) is 0 Å². The molecule has 37 heavy (non-hydrogen) atoms. The zero-order valence-electron chi connectivity index (χ0n) is 25.0. The van der Waals surface area contributed by atoms with Gasteiger partial charge in [0.25, 0.3) is 0 Å². The number of benzene rings is 2. The standard InChI is InChI=1S/C32H50O3Si2/c1-31(2,3)36(7,8)34-25-29-19-15-27(16-20-29)13-11-23-33-24-12-14-28-17-21-30(22-18-28)26-35-37(9,10)32(4,5)6/h11-22H,23-26H2,1-10H3. The molecule has 0 atom stereocenters. The summed E-state index contributed by atoms with van der Waals surface area (Å²) in [7, 11) is -3.44. The van der Waals surface area contributed by atoms with Crippen LogP contribution in [-0.4, -0.2) is 29.8 Å². The SMILES string of the molecule is CC(C)(C)[Si](C)(C)OCc1ccc(C=CCOCC=Cc2ccc(CO[Si](C)(C)C(C)(C)C)cc2)cc1. The van der Waals surface area contributed by atoms with Crippen LogP contribution in [0.5, 0.6) is 0 Å². The molecule has 0 unspecified atom stereocenters. The van der Waals surface area contributed by atoms with Gasteiger partial charge in [-0.25, -0.2) is 0 Å². The minimum absolute atomic E-state index is 0.232. The summed E-state index contributed by atoms with van der Waals surface area (Å²) < 4.78 is 18.4. The third-order valence-electron chi connectivity index (χ3n) is 7.82. The van der Waals surface area contributed by atoms with Crippen molar-refractivity contribution in [2.45, 2.75) is 91.0 Å². The fourth-order valence-electron chi connectivity index (χ4n) is 2.98. The van der Waals surface area contributed by atoms with Crippen molar-refractivity contribution in [2.75, 3.05) is 13.2 Å². The van der Waals surface area contributed by atoms with E-state index < -0.39 is 16.6 Å². The molecule has 2 rings (SSSR count). The minimum Gasteiger partial charge on any atom is -0.413 e. The second kappa shape index (κ2) is 13.3. The van der Waals surface area contributed by atoms with Crippen molar-refractivity contribution < 1.29 is 13.6 Å². The molecule has 0 spiro atoms. The Kier molecular flexibility index (Phi) is 11.3. The third-order valence-corrected chi connectivity index (χ3v) is 16.8. The highest BCUT2D eigenvalue weighted by atomic mass is 28.4. The van der Waals surface area contributed by atoms with Gasteiger partial charge in [0.05, 0.1) is 26.4 Å². The molecule has 2 aromatic carbocycles. The molecule has 0 radical (unpaired) electrons. The Bertz CT molecular complexity index is 922. The molecule has 0 aliphatic rings. The fourth-order valence-corrected chi connectivity index (χ4v) is 4.90. The van der Waals surface area contributed by atoms with Crippen molar-refractivity contribution in [3.05, 3.63) is 82.9 Å². The summed E-state index contributed by atoms with van der Waals surface area (Å²) >= 11 is 0. The topological polar surface area (TPSA) is 27.7 Å². The van der Waals surface area contributed by atoms with Gasteiger partial charge in [0.15, 0.2) is 16.6 Å². The zero-order valence-corrected chi connectivity index (χ0v) is 27.0. The van der Waals surface area contributed by atoms with Gasteiger partial charge in [0.2, 0.25) is 0 Å². The van der Waals surface area contributed by atoms with Crippen molar-refractivity contribution >= 4 is 28.8 Å². The van der Waals surface area contributed by atoms with Crippen LogP contribution in [0.2, 0.25) is 36.3 Å². The van der Waals surface area contributed by atoms with Gasteiger partial charge in [0.1, 0.15) is 0 Å². The van der Waals surface area contributed by atoms with Crippen LogP contribution >= 0.6 is 0 Å². The van der Waals surface area contributed by atoms with Crippen molar-refractivity contribution in [3.63, 3.8) is 0 Å². The molecule has 204 valence electrons. The van der Waals surface area contributed by atoms with Gasteiger partial charge in [-0.05, 0) is 58.5 Å². The molecule has 3 nitrogen and oxygen atoms in total. The van der Waals surface area contributed by atoms with E-state index in [-0.39, 0.29) is 10.1 Å². The molecule has 0 fully saturated rings. The Balaban J connectivity index is 1.70. The third kappa shape index (κ3) is 10.5. The van der Waals surface area contributed by atoms with Crippen LogP contribution in [0.1, 0.15) is 63.8 Å². The number of rotatable bonds is 12. The predicted octanol–water partition coefficient (Wildman–Crippen LogP) is 9.47. The lowest BCUT2D eigenvalue weighted by atomic mass is 10.1. The Labute approximate surface area is 229 Å². The molecule has 0 N–H and O–H groups in total. The predicted molar refractivity (Wildman–Crippen MR) is 166 cm³/mol. The lowest BCUT2D eigenvalue weighted by Gasteiger charge is -2.36. The summed E-state index contributed by atoms with van der Waals surface area (Å²) in [4.78, 5) is 0. The monoisotopic (exact) mass is 538 g/mol. The number of hydrogen-bond donors (Lipinski definition) is 0. The van der Waals surface area contributed by atoms with Crippen molar-refractivity contribution in [1.29, 1.82) is 0 Å². The van der Waals surface area contributed by atoms with Crippen molar-refractivity contribution in [3.8, 4) is 0 Å². The highest BCUT2D eigenvalue weighted by molar-refractivity contribution is 6.74. The van der Waals surface area contributed by atoms with E-state index >= 15 is 0 Å². The molecular formula is C32H50O3Si2. The Hall–Kier alpha value is -1.77. The van der Waals surface area contributed by atoms with E-state index in [4.69, 9.17) is 13.6 Å². The van der Waals surface area contributed by atoms with Crippen LogP contribution in [0.4, 0.5) is 0 Å². The molecule has 0 saturated carbocycles. The second-order valence-electron chi connectivity index (χ2n) is 12.9. The molecule has 2 aromatic rings. The molecule has 0 aliphatic carbocycles. The van der Waals surface area contributed by atoms with Crippen LogP contribution < -0.4 is 0 Å². The Morgan fingerprint density at radius 2 is 0.892 bits per heavy atom. The molecule has 0 amide bonds. The lowest BCUT2D eigenvalue weighted by Crippen LogP contribution is -2.40. The van der Waals surface area contributed by atoms with E-state index in [1.807, 2.05) is 0 Å². The van der Waals surface area contributed by atoms with E-state index in [1.54, 1.807) is 0 Å². The van der Waals surface area contributed by atoms with Crippen LogP contribution in [0.15, 0.2) is 60.7 Å². The summed E-state index contributed by atoms with van der Waals surface area (Å²) in [6.45, 7) is 25.4. The highest BCUT2D eigenvalue weighted by Gasteiger charge is 2.37. The maximum atomic E-state index is 6.32. The molecule has 0 heterocycles. The highest BCUT2D eigenvalue weighted by Crippen LogP contribution is 2.38. The maximum Gasteiger partial charge on any atom is 0.192 e. The number of hydrogen-bond acceptors (Lipinski definition) is 3. The molecule has 0 saturated heterocycles. The van der Waals surface area contributed by atoms with Gasteiger partial charge in [-0.15, -0.1) is 0 Å². The summed E-state index contributed by atoms with van der Waals surface area (Å²) in [5.41, 5.74) is 4.79. The Morgan fingerprint density at radius 1 is 0.568 bits per heavy atom. The summed E-state index contributed by atoms with van der Waals surface area (Å²) in [6, 6.07) is 17.2. The minimum atomic E-state index is -1.72. The molecule has 0 aromatic heterocycles. The average molecular weight is 539 g/mol. The molecule has 0 aliphatic heterocycles. The Morgan fingerprint density at radius 3 is 1.19 bits per heavy atom. The first-order chi connectivity index (χ1) is 17.1. The van der Waals surface area contributed by atoms with E-state index in [2.05, 4.69) is 141 Å². The normalized spacial score (nSPS) is 13.7. The van der Waals surface area contributed by atoms with Crippen LogP contribution in [-0.2, 0) is 26.8 Å². The van der Waals surface area contributed by atoms with E-state index in [0.717, 1.165) is 0 Å². The van der Waals surface area contributed by atoms with Gasteiger partial charge in [-0.3, -0.25) is 0 Å². The maximum absolute atomic E-state index is 6.32. The lowest BCUT2D eigenvalue weighted by molar-refractivity contribution is 0.195. The van der Waals surface area contributed by atoms with Gasteiger partial charge in [-0.2, -0.15) is 0 Å². The zero-order chi connectivity index (χ0) is 27.7. The van der Waals surface area contributed by atoms with Crippen molar-refractivity contribution in [1.82, 2.24) is 0 Å². The van der Waals surface area contributed by atoms with Crippen LogP contribution in [0, 0.1) is 0 Å². The first kappa shape index (κ1) is 31.5. The first-order valence-electron chi connectivity index (χ1n) is 13.5. The molecular weight excluding hydrogens is 489 g/mol. The average Bonchev–Trinajstić information content (AvgIpc) is 2.81.